The molecule has 28 heavy (non-hydrogen) atoms. The van der Waals surface area contributed by atoms with Crippen LogP contribution in [-0.4, -0.2) is 47.1 Å². The number of amides is 1. The number of benzene rings is 2. The molecule has 1 saturated heterocycles. The minimum absolute atomic E-state index is 0.135. The van der Waals surface area contributed by atoms with E-state index in [4.69, 9.17) is 4.52 Å². The van der Waals surface area contributed by atoms with E-state index >= 15 is 0 Å². The first-order valence-electron chi connectivity index (χ1n) is 9.35. The number of anilines is 1. The van der Waals surface area contributed by atoms with E-state index < -0.39 is 0 Å². The van der Waals surface area contributed by atoms with E-state index in [0.29, 0.717) is 24.6 Å². The quantitative estimate of drug-likeness (QED) is 0.603. The summed E-state index contributed by atoms with van der Waals surface area (Å²) in [6, 6.07) is 18.0. The number of rotatable bonds is 5. The van der Waals surface area contributed by atoms with Gasteiger partial charge in [0.05, 0.1) is 0 Å². The van der Waals surface area contributed by atoms with Gasteiger partial charge in [0.1, 0.15) is 0 Å². The monoisotopic (exact) mass is 440 g/mol. The number of para-hydroxylation sites is 1. The Kier molecular flexibility index (Phi) is 5.71. The molecule has 3 aromatic rings. The molecule has 0 radical (unpaired) electrons. The van der Waals surface area contributed by atoms with Gasteiger partial charge in [-0.3, -0.25) is 4.79 Å². The molecule has 1 amide bonds. The predicted octanol–water partition coefficient (Wildman–Crippen LogP) is 3.78. The van der Waals surface area contributed by atoms with Crippen molar-refractivity contribution >= 4 is 27.5 Å². The molecular formula is C21H21BrN4O2. The molecule has 1 aliphatic rings. The van der Waals surface area contributed by atoms with Gasteiger partial charge in [-0.05, 0) is 36.4 Å². The number of halogens is 1. The minimum atomic E-state index is 0.135. The van der Waals surface area contributed by atoms with Gasteiger partial charge < -0.3 is 14.3 Å². The van der Waals surface area contributed by atoms with Crippen LogP contribution in [0.1, 0.15) is 12.3 Å². The van der Waals surface area contributed by atoms with Crippen LogP contribution >= 0.6 is 15.9 Å². The predicted molar refractivity (Wildman–Crippen MR) is 111 cm³/mol. The second kappa shape index (κ2) is 8.56. The number of aryl methyl sites for hydroxylation is 1. The lowest BCUT2D eigenvalue weighted by molar-refractivity contribution is -0.131. The molecule has 0 N–H and O–H groups in total. The maximum Gasteiger partial charge on any atom is 0.227 e. The SMILES string of the molecule is O=C(CCc1nc(-c2ccc(Br)cc2)no1)N1CCN(c2ccccc2)CC1. The van der Waals surface area contributed by atoms with Gasteiger partial charge in [-0.2, -0.15) is 4.98 Å². The molecule has 0 spiro atoms. The standard InChI is InChI=1S/C21H21BrN4O2/c22-17-8-6-16(7-9-17)21-23-19(28-24-21)10-11-20(27)26-14-12-25(13-15-26)18-4-2-1-3-5-18/h1-9H,10-15H2. The molecule has 0 bridgehead atoms. The highest BCUT2D eigenvalue weighted by atomic mass is 79.9. The molecule has 0 atom stereocenters. The Morgan fingerprint density at radius 3 is 2.43 bits per heavy atom. The van der Waals surface area contributed by atoms with Crippen LogP contribution in [0.3, 0.4) is 0 Å². The minimum Gasteiger partial charge on any atom is -0.368 e. The van der Waals surface area contributed by atoms with Crippen molar-refractivity contribution < 1.29 is 9.32 Å². The fourth-order valence-electron chi connectivity index (χ4n) is 3.30. The molecule has 4 rings (SSSR count). The Bertz CT molecular complexity index is 919. The summed E-state index contributed by atoms with van der Waals surface area (Å²) >= 11 is 3.41. The van der Waals surface area contributed by atoms with Crippen molar-refractivity contribution in [1.82, 2.24) is 15.0 Å². The number of piperazine rings is 1. The summed E-state index contributed by atoms with van der Waals surface area (Å²) in [7, 11) is 0. The molecule has 6 nitrogen and oxygen atoms in total. The number of nitrogens with zero attached hydrogens (tertiary/aromatic N) is 4. The van der Waals surface area contributed by atoms with Crippen molar-refractivity contribution in [2.75, 3.05) is 31.1 Å². The fraction of sp³-hybridized carbons (Fsp3) is 0.286. The van der Waals surface area contributed by atoms with Gasteiger partial charge >= 0.3 is 0 Å². The van der Waals surface area contributed by atoms with Gasteiger partial charge in [0, 0.05) is 54.7 Å². The van der Waals surface area contributed by atoms with E-state index in [0.717, 1.165) is 36.2 Å². The van der Waals surface area contributed by atoms with E-state index in [2.05, 4.69) is 43.1 Å². The summed E-state index contributed by atoms with van der Waals surface area (Å²) in [6.45, 7) is 3.18. The zero-order valence-corrected chi connectivity index (χ0v) is 17.0. The molecule has 144 valence electrons. The summed E-state index contributed by atoms with van der Waals surface area (Å²) < 4.78 is 6.31. The van der Waals surface area contributed by atoms with Crippen molar-refractivity contribution in [2.24, 2.45) is 0 Å². The summed E-state index contributed by atoms with van der Waals surface area (Å²) in [5, 5.41) is 4.02. The average Bonchev–Trinajstić information content (AvgIpc) is 3.22. The van der Waals surface area contributed by atoms with Gasteiger partial charge in [0.15, 0.2) is 0 Å². The van der Waals surface area contributed by atoms with Gasteiger partial charge in [0.2, 0.25) is 17.6 Å². The molecular weight excluding hydrogens is 420 g/mol. The molecule has 2 heterocycles. The Balaban J connectivity index is 1.28. The van der Waals surface area contributed by atoms with Crippen molar-refractivity contribution in [3.63, 3.8) is 0 Å². The molecule has 0 saturated carbocycles. The second-order valence-electron chi connectivity index (χ2n) is 6.72. The topological polar surface area (TPSA) is 62.5 Å². The van der Waals surface area contributed by atoms with E-state index in [-0.39, 0.29) is 5.91 Å². The third-order valence-electron chi connectivity index (χ3n) is 4.88. The lowest BCUT2D eigenvalue weighted by Gasteiger charge is -2.36. The summed E-state index contributed by atoms with van der Waals surface area (Å²) in [4.78, 5) is 21.2. The second-order valence-corrected chi connectivity index (χ2v) is 7.64. The molecule has 1 aliphatic heterocycles. The number of carbonyl (C=O) groups is 1. The van der Waals surface area contributed by atoms with Crippen molar-refractivity contribution in [3.05, 3.63) is 65.0 Å². The first-order chi connectivity index (χ1) is 13.7. The molecule has 1 fully saturated rings. The third-order valence-corrected chi connectivity index (χ3v) is 5.41. The van der Waals surface area contributed by atoms with Crippen LogP contribution in [0.2, 0.25) is 0 Å². The van der Waals surface area contributed by atoms with Crippen LogP contribution in [0, 0.1) is 0 Å². The highest BCUT2D eigenvalue weighted by Gasteiger charge is 2.21. The Hall–Kier alpha value is -2.67. The van der Waals surface area contributed by atoms with Crippen LogP contribution in [0.4, 0.5) is 5.69 Å². The van der Waals surface area contributed by atoms with Crippen molar-refractivity contribution in [1.29, 1.82) is 0 Å². The summed E-state index contributed by atoms with van der Waals surface area (Å²) in [5.74, 6) is 1.18. The Morgan fingerprint density at radius 1 is 1.00 bits per heavy atom. The largest absolute Gasteiger partial charge is 0.368 e. The maximum atomic E-state index is 12.5. The Morgan fingerprint density at radius 2 is 1.71 bits per heavy atom. The molecule has 1 aromatic heterocycles. The van der Waals surface area contributed by atoms with Crippen molar-refractivity contribution in [3.8, 4) is 11.4 Å². The normalized spacial score (nSPS) is 14.3. The van der Waals surface area contributed by atoms with Crippen molar-refractivity contribution in [2.45, 2.75) is 12.8 Å². The smallest absolute Gasteiger partial charge is 0.227 e. The van der Waals surface area contributed by atoms with Crippen LogP contribution in [0.5, 0.6) is 0 Å². The number of hydrogen-bond acceptors (Lipinski definition) is 5. The maximum absolute atomic E-state index is 12.5. The zero-order valence-electron chi connectivity index (χ0n) is 15.4. The highest BCUT2D eigenvalue weighted by Crippen LogP contribution is 2.20. The van der Waals surface area contributed by atoms with E-state index in [1.807, 2.05) is 47.4 Å². The van der Waals surface area contributed by atoms with Gasteiger partial charge in [-0.1, -0.05) is 39.3 Å². The lowest BCUT2D eigenvalue weighted by atomic mass is 10.2. The molecule has 2 aromatic carbocycles. The summed E-state index contributed by atoms with van der Waals surface area (Å²) in [5.41, 5.74) is 2.10. The lowest BCUT2D eigenvalue weighted by Crippen LogP contribution is -2.48. The van der Waals surface area contributed by atoms with Crippen LogP contribution in [0.25, 0.3) is 11.4 Å². The van der Waals surface area contributed by atoms with Crippen LogP contribution < -0.4 is 4.90 Å². The number of carbonyl (C=O) groups excluding carboxylic acids is 1. The molecule has 7 heteroatoms. The highest BCUT2D eigenvalue weighted by molar-refractivity contribution is 9.10. The van der Waals surface area contributed by atoms with E-state index in [1.54, 1.807) is 0 Å². The molecule has 0 unspecified atom stereocenters. The Labute approximate surface area is 172 Å². The average molecular weight is 441 g/mol. The van der Waals surface area contributed by atoms with Gasteiger partial charge in [-0.15, -0.1) is 0 Å². The first-order valence-corrected chi connectivity index (χ1v) is 10.1. The van der Waals surface area contributed by atoms with Gasteiger partial charge in [-0.25, -0.2) is 0 Å². The zero-order chi connectivity index (χ0) is 19.3. The van der Waals surface area contributed by atoms with E-state index in [1.165, 1.54) is 5.69 Å². The van der Waals surface area contributed by atoms with Crippen LogP contribution in [0.15, 0.2) is 63.6 Å². The first kappa shape index (κ1) is 18.7. The number of hydrogen-bond donors (Lipinski definition) is 0. The van der Waals surface area contributed by atoms with E-state index in [9.17, 15) is 4.79 Å². The number of aromatic nitrogens is 2. The third kappa shape index (κ3) is 4.42. The fourth-order valence-corrected chi connectivity index (χ4v) is 3.56. The molecule has 0 aliphatic carbocycles. The van der Waals surface area contributed by atoms with Crippen LogP contribution in [-0.2, 0) is 11.2 Å². The van der Waals surface area contributed by atoms with Gasteiger partial charge in [0.25, 0.3) is 0 Å². The summed E-state index contributed by atoms with van der Waals surface area (Å²) in [6.07, 6.45) is 0.842.